The molecule has 168 valence electrons. The average Bonchev–Trinajstić information content (AvgIpc) is 2.73. The molecule has 0 aliphatic heterocycles. The van der Waals surface area contributed by atoms with Crippen LogP contribution in [0.5, 0.6) is 5.75 Å². The lowest BCUT2D eigenvalue weighted by Crippen LogP contribution is -2.51. The van der Waals surface area contributed by atoms with E-state index < -0.39 is 24.2 Å². The van der Waals surface area contributed by atoms with E-state index in [0.717, 1.165) is 38.5 Å². The Morgan fingerprint density at radius 1 is 1.16 bits per heavy atom. The van der Waals surface area contributed by atoms with Gasteiger partial charge in [-0.15, -0.1) is 0 Å². The van der Waals surface area contributed by atoms with E-state index in [2.05, 4.69) is 10.6 Å². The minimum atomic E-state index is -1.04. The molecule has 1 aromatic heterocycles. The summed E-state index contributed by atoms with van der Waals surface area (Å²) in [4.78, 5) is 37.1. The maximum absolute atomic E-state index is 12.6. The lowest BCUT2D eigenvalue weighted by molar-refractivity contribution is -0.130. The van der Waals surface area contributed by atoms with Crippen molar-refractivity contribution in [1.82, 2.24) is 10.6 Å². The first-order valence-corrected chi connectivity index (χ1v) is 10.8. The monoisotopic (exact) mass is 430 g/mol. The van der Waals surface area contributed by atoms with E-state index in [9.17, 15) is 19.5 Å². The Labute approximate surface area is 181 Å². The van der Waals surface area contributed by atoms with Crippen LogP contribution < -0.4 is 21.0 Å². The van der Waals surface area contributed by atoms with E-state index in [0.29, 0.717) is 22.3 Å². The minimum Gasteiger partial charge on any atom is -0.497 e. The van der Waals surface area contributed by atoms with Crippen molar-refractivity contribution in [2.45, 2.75) is 63.5 Å². The second-order valence-corrected chi connectivity index (χ2v) is 7.98. The smallest absolute Gasteiger partial charge is 0.336 e. The van der Waals surface area contributed by atoms with Gasteiger partial charge in [-0.2, -0.15) is 0 Å². The molecule has 0 spiro atoms. The summed E-state index contributed by atoms with van der Waals surface area (Å²) >= 11 is 0. The number of aliphatic hydroxyl groups is 1. The molecule has 1 aromatic carbocycles. The van der Waals surface area contributed by atoms with Gasteiger partial charge in [-0.05, 0) is 30.5 Å². The summed E-state index contributed by atoms with van der Waals surface area (Å²) in [7, 11) is 1.51. The summed E-state index contributed by atoms with van der Waals surface area (Å²) in [5.74, 6) is -0.318. The number of amides is 2. The number of nitrogens with one attached hydrogen (secondary N) is 2. The zero-order chi connectivity index (χ0) is 22.2. The first kappa shape index (κ1) is 22.8. The van der Waals surface area contributed by atoms with Gasteiger partial charge >= 0.3 is 5.63 Å². The third-order valence-corrected chi connectivity index (χ3v) is 5.67. The topological polar surface area (TPSA) is 118 Å². The van der Waals surface area contributed by atoms with E-state index in [1.54, 1.807) is 18.2 Å². The Morgan fingerprint density at radius 3 is 2.55 bits per heavy atom. The number of hydrogen-bond donors (Lipinski definition) is 3. The Bertz CT molecular complexity index is 962. The minimum absolute atomic E-state index is 0.0661. The lowest BCUT2D eigenvalue weighted by Gasteiger charge is -2.24. The van der Waals surface area contributed by atoms with Crippen LogP contribution in [-0.4, -0.2) is 42.7 Å². The molecule has 2 amide bonds. The van der Waals surface area contributed by atoms with E-state index in [1.807, 2.05) is 0 Å². The lowest BCUT2D eigenvalue weighted by atomic mass is 9.96. The van der Waals surface area contributed by atoms with Crippen molar-refractivity contribution >= 4 is 22.8 Å². The molecule has 8 heteroatoms. The Kier molecular flexibility index (Phi) is 8.06. The first-order chi connectivity index (χ1) is 15.0. The molecular formula is C23H30N2O6. The van der Waals surface area contributed by atoms with Gasteiger partial charge < -0.3 is 24.9 Å². The average molecular weight is 431 g/mol. The molecule has 2 aromatic rings. The summed E-state index contributed by atoms with van der Waals surface area (Å²) in [5, 5.41) is 15.8. The van der Waals surface area contributed by atoms with Gasteiger partial charge in [0.25, 0.3) is 0 Å². The van der Waals surface area contributed by atoms with Crippen molar-refractivity contribution in [2.75, 3.05) is 13.7 Å². The number of carbonyl (C=O) groups excluding carboxylic acids is 2. The summed E-state index contributed by atoms with van der Waals surface area (Å²) in [5.41, 5.74) is 0.211. The highest BCUT2D eigenvalue weighted by atomic mass is 16.5. The number of methoxy groups -OCH3 is 1. The highest BCUT2D eigenvalue weighted by Crippen LogP contribution is 2.23. The van der Waals surface area contributed by atoms with Crippen molar-refractivity contribution < 1.29 is 23.8 Å². The number of rotatable bonds is 7. The third-order valence-electron chi connectivity index (χ3n) is 5.67. The number of hydrogen-bond acceptors (Lipinski definition) is 6. The summed E-state index contributed by atoms with van der Waals surface area (Å²) in [6, 6.07) is 5.29. The van der Waals surface area contributed by atoms with Gasteiger partial charge in [0.05, 0.1) is 20.1 Å². The van der Waals surface area contributed by atoms with Gasteiger partial charge in [-0.3, -0.25) is 9.59 Å². The normalized spacial score (nSPS) is 16.2. The Hall–Kier alpha value is -2.87. The van der Waals surface area contributed by atoms with Crippen LogP contribution in [-0.2, 0) is 16.0 Å². The molecule has 1 fully saturated rings. The van der Waals surface area contributed by atoms with Crippen LogP contribution in [0.15, 0.2) is 33.5 Å². The number of ether oxygens (including phenoxy) is 1. The number of carbonyl (C=O) groups is 2. The van der Waals surface area contributed by atoms with Crippen LogP contribution in [0.2, 0.25) is 0 Å². The van der Waals surface area contributed by atoms with Gasteiger partial charge in [-0.1, -0.05) is 32.1 Å². The van der Waals surface area contributed by atoms with Crippen molar-refractivity contribution in [2.24, 2.45) is 0 Å². The summed E-state index contributed by atoms with van der Waals surface area (Å²) < 4.78 is 10.3. The first-order valence-electron chi connectivity index (χ1n) is 10.8. The molecule has 0 bridgehead atoms. The van der Waals surface area contributed by atoms with Crippen molar-refractivity contribution in [3.63, 3.8) is 0 Å². The number of benzene rings is 1. The molecule has 1 heterocycles. The van der Waals surface area contributed by atoms with Gasteiger partial charge in [0.1, 0.15) is 17.4 Å². The predicted molar refractivity (Wildman–Crippen MR) is 116 cm³/mol. The van der Waals surface area contributed by atoms with E-state index >= 15 is 0 Å². The fraction of sp³-hybridized carbons (Fsp3) is 0.522. The predicted octanol–water partition coefficient (Wildman–Crippen LogP) is 2.05. The molecule has 1 aliphatic carbocycles. The fourth-order valence-electron chi connectivity index (χ4n) is 4.00. The molecule has 1 saturated carbocycles. The quantitative estimate of drug-likeness (QED) is 0.579. The van der Waals surface area contributed by atoms with Crippen molar-refractivity contribution in [1.29, 1.82) is 0 Å². The number of fused-ring (bicyclic) bond motifs is 1. The van der Waals surface area contributed by atoms with Crippen LogP contribution in [0, 0.1) is 0 Å². The molecular weight excluding hydrogens is 400 g/mol. The summed E-state index contributed by atoms with van der Waals surface area (Å²) in [6.45, 7) is -0.501. The van der Waals surface area contributed by atoms with Gasteiger partial charge in [0, 0.05) is 23.6 Å². The largest absolute Gasteiger partial charge is 0.497 e. The zero-order valence-corrected chi connectivity index (χ0v) is 17.8. The summed E-state index contributed by atoms with van der Waals surface area (Å²) in [6.07, 6.45) is 7.39. The van der Waals surface area contributed by atoms with Gasteiger partial charge in [0.2, 0.25) is 11.8 Å². The van der Waals surface area contributed by atoms with E-state index in [-0.39, 0.29) is 18.4 Å². The van der Waals surface area contributed by atoms with Gasteiger partial charge in [0.15, 0.2) is 0 Å². The van der Waals surface area contributed by atoms with E-state index in [1.165, 1.54) is 19.6 Å². The molecule has 1 atom stereocenters. The molecule has 0 unspecified atom stereocenters. The molecule has 3 rings (SSSR count). The van der Waals surface area contributed by atoms with Crippen LogP contribution in [0.4, 0.5) is 0 Å². The number of aliphatic hydroxyl groups excluding tert-OH is 1. The second kappa shape index (κ2) is 10.9. The third kappa shape index (κ3) is 6.30. The maximum Gasteiger partial charge on any atom is 0.336 e. The maximum atomic E-state index is 12.6. The van der Waals surface area contributed by atoms with Crippen LogP contribution in [0.3, 0.4) is 0 Å². The highest BCUT2D eigenvalue weighted by Gasteiger charge is 2.23. The SMILES string of the molecule is COc1ccc2c(CC(=O)N[C@@H](CO)C(=O)NC3CCCCCCC3)cc(=O)oc2c1. The molecule has 8 nitrogen and oxygen atoms in total. The molecule has 31 heavy (non-hydrogen) atoms. The Morgan fingerprint density at radius 2 is 1.87 bits per heavy atom. The molecule has 3 N–H and O–H groups in total. The second-order valence-electron chi connectivity index (χ2n) is 7.98. The fourth-order valence-corrected chi connectivity index (χ4v) is 4.00. The Balaban J connectivity index is 1.65. The van der Waals surface area contributed by atoms with Gasteiger partial charge in [-0.25, -0.2) is 4.79 Å². The van der Waals surface area contributed by atoms with Crippen LogP contribution in [0.1, 0.15) is 50.5 Å². The standard InChI is InChI=1S/C23H30N2O6/c1-30-17-9-10-18-15(12-22(28)31-20(18)13-17)11-21(27)25-19(14-26)23(29)24-16-7-5-3-2-4-6-8-16/h9-10,12-13,16,19,26H,2-8,11,14H2,1H3,(H,24,29)(H,25,27)/t19-/m0/s1. The van der Waals surface area contributed by atoms with Crippen molar-refractivity contribution in [3.05, 3.63) is 40.2 Å². The molecule has 0 saturated heterocycles. The van der Waals surface area contributed by atoms with Crippen LogP contribution in [0.25, 0.3) is 11.0 Å². The molecule has 1 aliphatic rings. The van der Waals surface area contributed by atoms with Crippen molar-refractivity contribution in [3.8, 4) is 5.75 Å². The van der Waals surface area contributed by atoms with Crippen LogP contribution >= 0.6 is 0 Å². The zero-order valence-electron chi connectivity index (χ0n) is 17.8. The molecule has 0 radical (unpaired) electrons. The highest BCUT2D eigenvalue weighted by molar-refractivity contribution is 5.91. The van der Waals surface area contributed by atoms with E-state index in [4.69, 9.17) is 9.15 Å².